The van der Waals surface area contributed by atoms with E-state index in [9.17, 15) is 4.79 Å². The highest BCUT2D eigenvalue weighted by molar-refractivity contribution is 7.20. The molecule has 3 aromatic rings. The van der Waals surface area contributed by atoms with Gasteiger partial charge in [0, 0.05) is 38.9 Å². The summed E-state index contributed by atoms with van der Waals surface area (Å²) in [5.41, 5.74) is 1.91. The fourth-order valence-corrected chi connectivity index (χ4v) is 4.57. The van der Waals surface area contributed by atoms with Gasteiger partial charge in [-0.15, -0.1) is 5.10 Å². The van der Waals surface area contributed by atoms with Gasteiger partial charge in [-0.1, -0.05) is 11.3 Å². The number of carbonyl (C=O) groups excluding carboxylic acids is 1. The minimum atomic E-state index is -0.00706. The molecule has 1 unspecified atom stereocenters. The molecule has 1 aliphatic heterocycles. The topological polar surface area (TPSA) is 81.0 Å². The number of aromatic nitrogens is 3. The van der Waals surface area contributed by atoms with Crippen LogP contribution in [0.3, 0.4) is 0 Å². The van der Waals surface area contributed by atoms with E-state index in [-0.39, 0.29) is 11.8 Å². The van der Waals surface area contributed by atoms with Crippen LogP contribution in [0.2, 0.25) is 0 Å². The predicted molar refractivity (Wildman–Crippen MR) is 117 cm³/mol. The third-order valence-corrected chi connectivity index (χ3v) is 6.29. The Balaban J connectivity index is 1.41. The fraction of sp³-hybridized carbons (Fsp3) is 0.476. The SMILES string of the molecule is COCCCNC(=O)C1CCCN(c2nn3cc(-c4ccc(OC)cc4)nc3s2)C1. The summed E-state index contributed by atoms with van der Waals surface area (Å²) in [6.07, 6.45) is 4.67. The lowest BCUT2D eigenvalue weighted by atomic mass is 9.97. The molecule has 0 spiro atoms. The maximum Gasteiger partial charge on any atom is 0.224 e. The summed E-state index contributed by atoms with van der Waals surface area (Å²) >= 11 is 1.56. The van der Waals surface area contributed by atoms with Crippen LogP contribution in [0.4, 0.5) is 5.13 Å². The molecule has 0 aliphatic carbocycles. The Morgan fingerprint density at radius 3 is 2.87 bits per heavy atom. The molecule has 3 heterocycles. The molecule has 1 fully saturated rings. The summed E-state index contributed by atoms with van der Waals surface area (Å²) in [4.78, 5) is 20.3. The van der Waals surface area contributed by atoms with E-state index in [1.54, 1.807) is 25.6 Å². The number of rotatable bonds is 8. The van der Waals surface area contributed by atoms with Crippen molar-refractivity contribution in [1.29, 1.82) is 0 Å². The standard InChI is InChI=1S/C21H27N5O3S/c1-28-12-4-10-22-19(27)16-5-3-11-25(13-16)21-24-26-14-18(23-20(26)30-21)15-6-8-17(29-2)9-7-15/h6-9,14,16H,3-5,10-13H2,1-2H3,(H,22,27). The molecule has 1 aromatic carbocycles. The molecule has 160 valence electrons. The minimum absolute atomic E-state index is 0.00706. The highest BCUT2D eigenvalue weighted by atomic mass is 32.1. The number of amides is 1. The monoisotopic (exact) mass is 429 g/mol. The summed E-state index contributed by atoms with van der Waals surface area (Å²) in [5, 5.41) is 8.66. The molecular formula is C21H27N5O3S. The van der Waals surface area contributed by atoms with Gasteiger partial charge in [0.25, 0.3) is 0 Å². The van der Waals surface area contributed by atoms with Crippen LogP contribution >= 0.6 is 11.3 Å². The molecule has 2 aromatic heterocycles. The maximum absolute atomic E-state index is 12.5. The van der Waals surface area contributed by atoms with E-state index < -0.39 is 0 Å². The second kappa shape index (κ2) is 9.44. The smallest absolute Gasteiger partial charge is 0.224 e. The second-order valence-corrected chi connectivity index (χ2v) is 8.32. The summed E-state index contributed by atoms with van der Waals surface area (Å²) in [6, 6.07) is 7.84. The summed E-state index contributed by atoms with van der Waals surface area (Å²) in [5.74, 6) is 0.939. The Hall–Kier alpha value is -2.65. The van der Waals surface area contributed by atoms with E-state index >= 15 is 0 Å². The molecule has 4 rings (SSSR count). The quantitative estimate of drug-likeness (QED) is 0.555. The van der Waals surface area contributed by atoms with Gasteiger partial charge in [0.2, 0.25) is 16.0 Å². The zero-order valence-corrected chi connectivity index (χ0v) is 18.2. The number of hydrogen-bond donors (Lipinski definition) is 1. The van der Waals surface area contributed by atoms with Crippen molar-refractivity contribution < 1.29 is 14.3 Å². The molecule has 0 saturated carbocycles. The summed E-state index contributed by atoms with van der Waals surface area (Å²) < 4.78 is 12.1. The Kier molecular flexibility index (Phi) is 6.49. The van der Waals surface area contributed by atoms with Gasteiger partial charge in [0.1, 0.15) is 5.75 Å². The third kappa shape index (κ3) is 4.57. The Labute approximate surface area is 179 Å². The normalized spacial score (nSPS) is 16.7. The fourth-order valence-electron chi connectivity index (χ4n) is 3.66. The average Bonchev–Trinajstić information content (AvgIpc) is 3.36. The van der Waals surface area contributed by atoms with Gasteiger partial charge in [-0.05, 0) is 43.5 Å². The number of nitrogens with zero attached hydrogens (tertiary/aromatic N) is 4. The molecule has 0 radical (unpaired) electrons. The van der Waals surface area contributed by atoms with Crippen LogP contribution in [0.25, 0.3) is 16.2 Å². The zero-order chi connectivity index (χ0) is 20.9. The number of carbonyl (C=O) groups is 1. The van der Waals surface area contributed by atoms with Gasteiger partial charge in [-0.2, -0.15) is 0 Å². The average molecular weight is 430 g/mol. The number of nitrogens with one attached hydrogen (secondary N) is 1. The number of hydrogen-bond acceptors (Lipinski definition) is 7. The van der Waals surface area contributed by atoms with Gasteiger partial charge < -0.3 is 19.7 Å². The van der Waals surface area contributed by atoms with Crippen molar-refractivity contribution in [2.75, 3.05) is 45.4 Å². The lowest BCUT2D eigenvalue weighted by molar-refractivity contribution is -0.125. The van der Waals surface area contributed by atoms with E-state index in [0.717, 1.165) is 52.9 Å². The van der Waals surface area contributed by atoms with Crippen molar-refractivity contribution >= 4 is 27.3 Å². The number of piperidine rings is 1. The molecule has 8 nitrogen and oxygen atoms in total. The largest absolute Gasteiger partial charge is 0.497 e. The molecule has 1 N–H and O–H groups in total. The number of ether oxygens (including phenoxy) is 2. The lowest BCUT2D eigenvalue weighted by Crippen LogP contribution is -2.43. The first kappa shape index (κ1) is 20.6. The van der Waals surface area contributed by atoms with Gasteiger partial charge in [0.15, 0.2) is 0 Å². The first-order valence-electron chi connectivity index (χ1n) is 10.2. The second-order valence-electron chi connectivity index (χ2n) is 7.39. The molecule has 1 aliphatic rings. The predicted octanol–water partition coefficient (Wildman–Crippen LogP) is 2.84. The molecule has 1 amide bonds. The highest BCUT2D eigenvalue weighted by Crippen LogP contribution is 2.30. The van der Waals surface area contributed by atoms with Crippen LogP contribution in [0, 0.1) is 5.92 Å². The third-order valence-electron chi connectivity index (χ3n) is 5.31. The van der Waals surface area contributed by atoms with Gasteiger partial charge >= 0.3 is 0 Å². The van der Waals surface area contributed by atoms with Crippen molar-refractivity contribution in [2.45, 2.75) is 19.3 Å². The van der Waals surface area contributed by atoms with Gasteiger partial charge in [-0.3, -0.25) is 4.79 Å². The van der Waals surface area contributed by atoms with Crippen molar-refractivity contribution in [1.82, 2.24) is 19.9 Å². The Morgan fingerprint density at radius 2 is 2.13 bits per heavy atom. The lowest BCUT2D eigenvalue weighted by Gasteiger charge is -2.31. The number of benzene rings is 1. The number of methoxy groups -OCH3 is 2. The molecule has 30 heavy (non-hydrogen) atoms. The van der Waals surface area contributed by atoms with Crippen LogP contribution in [-0.4, -0.2) is 61.0 Å². The highest BCUT2D eigenvalue weighted by Gasteiger charge is 2.27. The zero-order valence-electron chi connectivity index (χ0n) is 17.3. The Bertz CT molecular complexity index is 953. The first-order chi connectivity index (χ1) is 14.7. The van der Waals surface area contributed by atoms with Crippen LogP contribution in [0.15, 0.2) is 30.5 Å². The van der Waals surface area contributed by atoms with Crippen LogP contribution in [0.5, 0.6) is 5.75 Å². The number of fused-ring (bicyclic) bond motifs is 1. The van der Waals surface area contributed by atoms with Crippen molar-refractivity contribution in [3.05, 3.63) is 30.5 Å². The van der Waals surface area contributed by atoms with Gasteiger partial charge in [-0.25, -0.2) is 9.50 Å². The van der Waals surface area contributed by atoms with E-state index in [1.807, 2.05) is 35.0 Å². The van der Waals surface area contributed by atoms with E-state index in [2.05, 4.69) is 10.2 Å². The van der Waals surface area contributed by atoms with E-state index in [4.69, 9.17) is 19.6 Å². The van der Waals surface area contributed by atoms with Crippen LogP contribution in [0.1, 0.15) is 19.3 Å². The molecule has 9 heteroatoms. The first-order valence-corrected chi connectivity index (χ1v) is 11.0. The minimum Gasteiger partial charge on any atom is -0.497 e. The van der Waals surface area contributed by atoms with Crippen LogP contribution < -0.4 is 15.0 Å². The number of anilines is 1. The number of imidazole rings is 1. The molecule has 0 bridgehead atoms. The van der Waals surface area contributed by atoms with Crippen molar-refractivity contribution in [3.8, 4) is 17.0 Å². The summed E-state index contributed by atoms with van der Waals surface area (Å²) in [6.45, 7) is 2.92. The molecule has 1 atom stereocenters. The van der Waals surface area contributed by atoms with E-state index in [0.29, 0.717) is 19.7 Å². The van der Waals surface area contributed by atoms with Crippen molar-refractivity contribution in [2.24, 2.45) is 5.92 Å². The van der Waals surface area contributed by atoms with Crippen molar-refractivity contribution in [3.63, 3.8) is 0 Å². The Morgan fingerprint density at radius 1 is 1.30 bits per heavy atom. The van der Waals surface area contributed by atoms with Gasteiger partial charge in [0.05, 0.1) is 24.9 Å². The molecular weight excluding hydrogens is 402 g/mol. The maximum atomic E-state index is 12.5. The molecule has 1 saturated heterocycles. The van der Waals surface area contributed by atoms with E-state index in [1.165, 1.54) is 0 Å². The van der Waals surface area contributed by atoms with Crippen LogP contribution in [-0.2, 0) is 9.53 Å². The summed E-state index contributed by atoms with van der Waals surface area (Å²) in [7, 11) is 3.33.